The van der Waals surface area contributed by atoms with Crippen molar-refractivity contribution in [1.29, 1.82) is 0 Å². The topological polar surface area (TPSA) is 237 Å². The number of unbranched alkanes of at least 4 members (excludes halogenated alkanes) is 19. The SMILES string of the molecule is CC/C=C\C/C=C\C/C=C\C/C=C\C/C=C\C/C=C\CCC(=O)OC[C@H](COP(=O)(O)OC[C@@H](O)COP(=O)(O)OC[C@@H](COC(=O)CC/C=C\C/C=C\C/C=C\C/C=C\C/C=C\C/C=C\CC)OC(=O)CCCCCCCCC/C=C\CCCCCC)OC(=O)CCCCCCC/C=C\C/C=C\CCCCC. The maximum Gasteiger partial charge on any atom is 0.472 e. The lowest BCUT2D eigenvalue weighted by atomic mass is 10.1. The van der Waals surface area contributed by atoms with E-state index in [1.54, 1.807) is 0 Å². The van der Waals surface area contributed by atoms with Gasteiger partial charge in [0.15, 0.2) is 12.2 Å². The van der Waals surface area contributed by atoms with E-state index in [-0.39, 0.29) is 25.7 Å². The molecule has 0 rings (SSSR count). The van der Waals surface area contributed by atoms with Gasteiger partial charge in [0.25, 0.3) is 0 Å². The Kier molecular flexibility index (Phi) is 75.0. The number of carbonyl (C=O) groups excluding carboxylic acids is 4. The minimum absolute atomic E-state index is 0.0256. The summed E-state index contributed by atoms with van der Waals surface area (Å²) in [5, 5.41) is 10.7. The Balaban J connectivity index is 5.52. The van der Waals surface area contributed by atoms with Crippen molar-refractivity contribution in [3.05, 3.63) is 182 Å². The lowest BCUT2D eigenvalue weighted by Crippen LogP contribution is -2.30. The quantitative estimate of drug-likeness (QED) is 0.0169. The van der Waals surface area contributed by atoms with Crippen LogP contribution < -0.4 is 0 Å². The zero-order chi connectivity index (χ0) is 78.9. The number of esters is 4. The molecule has 0 aliphatic carbocycles. The molecule has 0 fully saturated rings. The summed E-state index contributed by atoms with van der Waals surface area (Å²) in [7, 11) is -10.0. The van der Waals surface area contributed by atoms with Gasteiger partial charge in [0, 0.05) is 25.7 Å². The number of allylic oxidation sites excluding steroid dienone is 30. The Morgan fingerprint density at radius 2 is 0.500 bits per heavy atom. The highest BCUT2D eigenvalue weighted by atomic mass is 31.2. The van der Waals surface area contributed by atoms with Crippen LogP contribution in [0.3, 0.4) is 0 Å². The van der Waals surface area contributed by atoms with Crippen LogP contribution in [0.4, 0.5) is 0 Å². The molecule has 5 atom stereocenters. The zero-order valence-corrected chi connectivity index (χ0v) is 68.7. The van der Waals surface area contributed by atoms with Crippen molar-refractivity contribution in [3.8, 4) is 0 Å². The van der Waals surface area contributed by atoms with Crippen molar-refractivity contribution in [2.24, 2.45) is 0 Å². The molecule has 0 bridgehead atoms. The van der Waals surface area contributed by atoms with E-state index in [4.69, 9.17) is 37.0 Å². The van der Waals surface area contributed by atoms with E-state index in [2.05, 4.69) is 174 Å². The molecule has 0 saturated heterocycles. The molecular formula is C89H144O17P2. The summed E-state index contributed by atoms with van der Waals surface area (Å²) in [4.78, 5) is 73.1. The number of phosphoric ester groups is 2. The van der Waals surface area contributed by atoms with Gasteiger partial charge in [-0.3, -0.25) is 37.3 Å². The number of rotatable bonds is 75. The molecule has 108 heavy (non-hydrogen) atoms. The molecule has 2 unspecified atom stereocenters. The molecule has 0 aromatic carbocycles. The monoisotopic (exact) mass is 1550 g/mol. The highest BCUT2D eigenvalue weighted by Crippen LogP contribution is 2.45. The van der Waals surface area contributed by atoms with Gasteiger partial charge in [-0.05, 0) is 161 Å². The first kappa shape index (κ1) is 102. The van der Waals surface area contributed by atoms with Crippen LogP contribution in [-0.2, 0) is 65.4 Å². The number of aliphatic hydroxyl groups is 1. The van der Waals surface area contributed by atoms with E-state index < -0.39 is 97.5 Å². The van der Waals surface area contributed by atoms with E-state index in [0.717, 1.165) is 161 Å². The smallest absolute Gasteiger partial charge is 0.462 e. The summed E-state index contributed by atoms with van der Waals surface area (Å²) in [6.45, 7) is 4.41. The van der Waals surface area contributed by atoms with Crippen molar-refractivity contribution in [2.75, 3.05) is 39.6 Å². The van der Waals surface area contributed by atoms with Crippen molar-refractivity contribution in [2.45, 2.75) is 316 Å². The van der Waals surface area contributed by atoms with Gasteiger partial charge in [-0.1, -0.05) is 293 Å². The zero-order valence-electron chi connectivity index (χ0n) is 66.9. The third-order valence-corrected chi connectivity index (χ3v) is 18.3. The summed E-state index contributed by atoms with van der Waals surface area (Å²) in [5.74, 6) is -2.40. The van der Waals surface area contributed by atoms with E-state index >= 15 is 0 Å². The fourth-order valence-corrected chi connectivity index (χ4v) is 11.8. The highest BCUT2D eigenvalue weighted by molar-refractivity contribution is 7.47. The number of carbonyl (C=O) groups is 4. The van der Waals surface area contributed by atoms with Crippen molar-refractivity contribution in [1.82, 2.24) is 0 Å². The molecule has 0 heterocycles. The van der Waals surface area contributed by atoms with Crippen LogP contribution >= 0.6 is 15.6 Å². The molecule has 3 N–H and O–H groups in total. The predicted octanol–water partition coefficient (Wildman–Crippen LogP) is 24.3. The van der Waals surface area contributed by atoms with Gasteiger partial charge in [0.2, 0.25) is 0 Å². The molecule has 0 spiro atoms. The predicted molar refractivity (Wildman–Crippen MR) is 445 cm³/mol. The molecule has 612 valence electrons. The van der Waals surface area contributed by atoms with Crippen molar-refractivity contribution < 1.29 is 80.2 Å². The lowest BCUT2D eigenvalue weighted by Gasteiger charge is -2.21. The van der Waals surface area contributed by atoms with Gasteiger partial charge < -0.3 is 33.8 Å². The Labute approximate surface area is 654 Å². The van der Waals surface area contributed by atoms with Crippen LogP contribution in [0.5, 0.6) is 0 Å². The van der Waals surface area contributed by atoms with E-state index in [0.29, 0.717) is 38.5 Å². The van der Waals surface area contributed by atoms with Gasteiger partial charge in [-0.25, -0.2) is 9.13 Å². The summed E-state index contributed by atoms with van der Waals surface area (Å²) >= 11 is 0. The van der Waals surface area contributed by atoms with Crippen molar-refractivity contribution in [3.63, 3.8) is 0 Å². The Bertz CT molecular complexity index is 2760. The van der Waals surface area contributed by atoms with E-state index in [9.17, 15) is 43.2 Å². The lowest BCUT2D eigenvalue weighted by molar-refractivity contribution is -0.161. The van der Waals surface area contributed by atoms with Gasteiger partial charge in [-0.2, -0.15) is 0 Å². The fraction of sp³-hybridized carbons (Fsp3) is 0.618. The van der Waals surface area contributed by atoms with Crippen LogP contribution in [0.25, 0.3) is 0 Å². The molecule has 17 nitrogen and oxygen atoms in total. The van der Waals surface area contributed by atoms with E-state index in [1.165, 1.54) is 44.9 Å². The summed E-state index contributed by atoms with van der Waals surface area (Å²) < 4.78 is 68.5. The fourth-order valence-electron chi connectivity index (χ4n) is 10.2. The third-order valence-electron chi connectivity index (χ3n) is 16.4. The maximum absolute atomic E-state index is 13.1. The van der Waals surface area contributed by atoms with Crippen LogP contribution in [0, 0.1) is 0 Å². The van der Waals surface area contributed by atoms with Crippen LogP contribution in [0.1, 0.15) is 297 Å². The first-order chi connectivity index (χ1) is 52.7. The molecule has 0 aliphatic heterocycles. The van der Waals surface area contributed by atoms with Gasteiger partial charge in [0.1, 0.15) is 19.3 Å². The second-order valence-corrected chi connectivity index (χ2v) is 29.5. The molecule has 19 heteroatoms. The summed E-state index contributed by atoms with van der Waals surface area (Å²) in [6, 6.07) is 0. The van der Waals surface area contributed by atoms with Crippen molar-refractivity contribution >= 4 is 39.5 Å². The molecule has 0 radical (unpaired) electrons. The van der Waals surface area contributed by atoms with Crippen LogP contribution in [-0.4, -0.2) is 96.7 Å². The highest BCUT2D eigenvalue weighted by Gasteiger charge is 2.30. The Hall–Kier alpha value is -5.84. The van der Waals surface area contributed by atoms with Crippen LogP contribution in [0.2, 0.25) is 0 Å². The minimum atomic E-state index is -5.01. The molecule has 0 aliphatic rings. The number of hydrogen-bond acceptors (Lipinski definition) is 15. The maximum atomic E-state index is 13.1. The second-order valence-electron chi connectivity index (χ2n) is 26.6. The molecular weight excluding hydrogens is 1400 g/mol. The normalized spacial score (nSPS) is 14.8. The standard InChI is InChI=1S/C89H144O17P2/c1-5-9-13-17-21-25-29-33-37-39-41-43-47-49-53-57-61-65-69-73-86(91)99-79-84(105-88(93)75-71-67-63-59-55-51-45-35-31-27-23-19-15-11-7-3)81-103-107(95,96)101-77-83(90)78-102-108(97,98)104-82-85(106-89(94)76-72-68-64-60-56-52-46-36-32-28-24-20-16-12-8-4)80-100-87(92)74-70-66-62-58-54-50-48-44-42-40-38-34-30-26-22-18-14-10-6-2/h9-10,13-14,21-23,25-28,32-35,37-38,41-45,49-50,53-54,61-62,65-66,83-85,90H,5-8,11-12,15-20,24,29-31,36,39-40,46-48,51-52,55-60,63-64,67-82H2,1-4H3,(H,95,96)(H,97,98)/b13-9-,14-10-,25-21-,26-22-,27-23-,32-28-,37-33-,38-34-,43-41-,44-42-,45-35-,53-49-,54-50-,65-61-,66-62-/t83-,84-,85-/m1/s1. The number of hydrogen-bond donors (Lipinski definition) is 3. The van der Waals surface area contributed by atoms with Gasteiger partial charge in [-0.15, -0.1) is 0 Å². The second kappa shape index (κ2) is 79.3. The summed E-state index contributed by atoms with van der Waals surface area (Å²) in [5.41, 5.74) is 0. The van der Waals surface area contributed by atoms with E-state index in [1.807, 2.05) is 36.5 Å². The molecule has 0 amide bonds. The largest absolute Gasteiger partial charge is 0.472 e. The molecule has 0 saturated carbocycles. The minimum Gasteiger partial charge on any atom is -0.462 e. The Morgan fingerprint density at radius 1 is 0.269 bits per heavy atom. The first-order valence-electron chi connectivity index (χ1n) is 41.0. The van der Waals surface area contributed by atoms with Gasteiger partial charge in [0.05, 0.1) is 26.4 Å². The first-order valence-corrected chi connectivity index (χ1v) is 44.0. The summed E-state index contributed by atoms with van der Waals surface area (Å²) in [6.07, 6.45) is 96.1. The van der Waals surface area contributed by atoms with Gasteiger partial charge >= 0.3 is 39.5 Å². The number of ether oxygens (including phenoxy) is 4. The molecule has 0 aromatic rings. The third kappa shape index (κ3) is 78.3. The average Bonchev–Trinajstić information content (AvgIpc) is 0.923. The molecule has 0 aromatic heterocycles. The number of phosphoric acid groups is 2. The number of aliphatic hydroxyl groups excluding tert-OH is 1. The average molecular weight is 1550 g/mol. The Morgan fingerprint density at radius 3 is 0.806 bits per heavy atom. The van der Waals surface area contributed by atoms with Crippen LogP contribution in [0.15, 0.2) is 182 Å².